The van der Waals surface area contributed by atoms with Gasteiger partial charge >= 0.3 is 0 Å². The van der Waals surface area contributed by atoms with E-state index in [-0.39, 0.29) is 5.82 Å². The van der Waals surface area contributed by atoms with Gasteiger partial charge in [-0.05, 0) is 41.8 Å². The van der Waals surface area contributed by atoms with E-state index in [0.717, 1.165) is 23.3 Å². The molecular formula is C22H28ClFN4O2. The van der Waals surface area contributed by atoms with E-state index < -0.39 is 0 Å². The van der Waals surface area contributed by atoms with Gasteiger partial charge in [0.05, 0.1) is 26.0 Å². The SMILES string of the molecule is CN=C(NCCc1ccc(OC)cc1Cl)NCc1ccc(N2CCOCC2)c(F)c1. The van der Waals surface area contributed by atoms with Crippen molar-refractivity contribution >= 4 is 23.2 Å². The second-order valence-electron chi connectivity index (χ2n) is 6.95. The Morgan fingerprint density at radius 1 is 1.20 bits per heavy atom. The fourth-order valence-electron chi connectivity index (χ4n) is 3.30. The maximum absolute atomic E-state index is 14.5. The first-order valence-electron chi connectivity index (χ1n) is 9.98. The summed E-state index contributed by atoms with van der Waals surface area (Å²) in [6.07, 6.45) is 0.742. The number of halogens is 2. The minimum absolute atomic E-state index is 0.215. The number of anilines is 1. The molecule has 0 saturated carbocycles. The van der Waals surface area contributed by atoms with Gasteiger partial charge in [-0.1, -0.05) is 23.7 Å². The third kappa shape index (κ3) is 6.00. The molecule has 1 aliphatic rings. The molecule has 0 spiro atoms. The van der Waals surface area contributed by atoms with E-state index in [1.54, 1.807) is 26.3 Å². The zero-order valence-corrected chi connectivity index (χ0v) is 18.1. The number of guanidine groups is 1. The van der Waals surface area contributed by atoms with Crippen LogP contribution in [0.5, 0.6) is 5.75 Å². The number of aliphatic imine (C=N–C) groups is 1. The molecule has 0 aromatic heterocycles. The third-order valence-electron chi connectivity index (χ3n) is 4.99. The normalized spacial score (nSPS) is 14.5. The van der Waals surface area contributed by atoms with Crippen molar-refractivity contribution in [3.63, 3.8) is 0 Å². The van der Waals surface area contributed by atoms with E-state index in [0.29, 0.717) is 56.1 Å². The lowest BCUT2D eigenvalue weighted by molar-refractivity contribution is 0.122. The number of rotatable bonds is 7. The molecule has 2 aromatic carbocycles. The van der Waals surface area contributed by atoms with Gasteiger partial charge in [0.2, 0.25) is 0 Å². The first kappa shape index (κ1) is 22.2. The minimum Gasteiger partial charge on any atom is -0.497 e. The maximum Gasteiger partial charge on any atom is 0.191 e. The Morgan fingerprint density at radius 2 is 2.00 bits per heavy atom. The van der Waals surface area contributed by atoms with Crippen molar-refractivity contribution < 1.29 is 13.9 Å². The number of morpholine rings is 1. The summed E-state index contributed by atoms with van der Waals surface area (Å²) in [6.45, 7) is 3.82. The van der Waals surface area contributed by atoms with Gasteiger partial charge in [-0.3, -0.25) is 4.99 Å². The molecule has 0 unspecified atom stereocenters. The number of hydrogen-bond donors (Lipinski definition) is 2. The highest BCUT2D eigenvalue weighted by molar-refractivity contribution is 6.31. The van der Waals surface area contributed by atoms with Crippen molar-refractivity contribution in [3.05, 3.63) is 58.4 Å². The molecule has 30 heavy (non-hydrogen) atoms. The Bertz CT molecular complexity index is 872. The van der Waals surface area contributed by atoms with Crippen molar-refractivity contribution in [2.75, 3.05) is 51.9 Å². The van der Waals surface area contributed by atoms with Gasteiger partial charge < -0.3 is 25.0 Å². The van der Waals surface area contributed by atoms with Crippen LogP contribution in [0.1, 0.15) is 11.1 Å². The van der Waals surface area contributed by atoms with Crippen molar-refractivity contribution in [2.45, 2.75) is 13.0 Å². The summed E-state index contributed by atoms with van der Waals surface area (Å²) in [5.41, 5.74) is 2.51. The van der Waals surface area contributed by atoms with Crippen LogP contribution in [0.3, 0.4) is 0 Å². The van der Waals surface area contributed by atoms with Crippen LogP contribution in [-0.2, 0) is 17.7 Å². The van der Waals surface area contributed by atoms with E-state index in [2.05, 4.69) is 15.6 Å². The highest BCUT2D eigenvalue weighted by atomic mass is 35.5. The standard InChI is InChI=1S/C22H28ClFN4O2/c1-25-22(26-8-7-17-4-5-18(29-2)14-19(17)23)27-15-16-3-6-21(20(24)13-16)28-9-11-30-12-10-28/h3-6,13-14H,7-12,15H2,1-2H3,(H2,25,26,27). The molecule has 1 aliphatic heterocycles. The lowest BCUT2D eigenvalue weighted by Gasteiger charge is -2.29. The van der Waals surface area contributed by atoms with Crippen molar-refractivity contribution in [2.24, 2.45) is 4.99 Å². The van der Waals surface area contributed by atoms with E-state index in [1.165, 1.54) is 0 Å². The number of ether oxygens (including phenoxy) is 2. The van der Waals surface area contributed by atoms with Crippen LogP contribution in [0.15, 0.2) is 41.4 Å². The number of methoxy groups -OCH3 is 1. The molecule has 0 aliphatic carbocycles. The van der Waals surface area contributed by atoms with Crippen LogP contribution in [0.2, 0.25) is 5.02 Å². The maximum atomic E-state index is 14.5. The molecule has 1 fully saturated rings. The average Bonchev–Trinajstić information content (AvgIpc) is 2.77. The molecule has 1 heterocycles. The summed E-state index contributed by atoms with van der Waals surface area (Å²) in [6, 6.07) is 11.0. The summed E-state index contributed by atoms with van der Waals surface area (Å²) in [7, 11) is 3.32. The molecule has 0 bridgehead atoms. The predicted octanol–water partition coefficient (Wildman–Crippen LogP) is 3.23. The second kappa shape index (κ2) is 11.0. The molecule has 2 aromatic rings. The molecule has 2 N–H and O–H groups in total. The summed E-state index contributed by atoms with van der Waals surface area (Å²) in [5.74, 6) is 1.17. The van der Waals surface area contributed by atoms with Gasteiger partial charge in [0.25, 0.3) is 0 Å². The first-order valence-corrected chi connectivity index (χ1v) is 10.4. The lowest BCUT2D eigenvalue weighted by atomic mass is 10.1. The van der Waals surface area contributed by atoms with Crippen LogP contribution < -0.4 is 20.3 Å². The summed E-state index contributed by atoms with van der Waals surface area (Å²) >= 11 is 6.28. The van der Waals surface area contributed by atoms with Crippen LogP contribution in [0.25, 0.3) is 0 Å². The van der Waals surface area contributed by atoms with E-state index in [4.69, 9.17) is 21.1 Å². The Morgan fingerprint density at radius 3 is 2.67 bits per heavy atom. The topological polar surface area (TPSA) is 58.1 Å². The lowest BCUT2D eigenvalue weighted by Crippen LogP contribution is -2.38. The fraction of sp³-hybridized carbons (Fsp3) is 0.409. The van der Waals surface area contributed by atoms with Gasteiger partial charge in [0.15, 0.2) is 5.96 Å². The fourth-order valence-corrected chi connectivity index (χ4v) is 3.57. The average molecular weight is 435 g/mol. The van der Waals surface area contributed by atoms with Gasteiger partial charge in [-0.2, -0.15) is 0 Å². The summed E-state index contributed by atoms with van der Waals surface area (Å²) < 4.78 is 25.0. The highest BCUT2D eigenvalue weighted by Gasteiger charge is 2.15. The Hall–Kier alpha value is -2.51. The molecular weight excluding hydrogens is 407 g/mol. The molecule has 3 rings (SSSR count). The van der Waals surface area contributed by atoms with E-state index in [1.807, 2.05) is 29.2 Å². The molecule has 0 radical (unpaired) electrons. The molecule has 8 heteroatoms. The summed E-state index contributed by atoms with van der Waals surface area (Å²) in [4.78, 5) is 6.24. The van der Waals surface area contributed by atoms with E-state index in [9.17, 15) is 4.39 Å². The van der Waals surface area contributed by atoms with Gasteiger partial charge in [0.1, 0.15) is 11.6 Å². The Balaban J connectivity index is 1.48. The van der Waals surface area contributed by atoms with Gasteiger partial charge in [0, 0.05) is 38.2 Å². The van der Waals surface area contributed by atoms with Crippen LogP contribution in [-0.4, -0.2) is 53.0 Å². The van der Waals surface area contributed by atoms with Gasteiger partial charge in [-0.15, -0.1) is 0 Å². The molecule has 0 amide bonds. The zero-order valence-electron chi connectivity index (χ0n) is 17.4. The highest BCUT2D eigenvalue weighted by Crippen LogP contribution is 2.23. The van der Waals surface area contributed by atoms with Crippen LogP contribution in [0, 0.1) is 5.82 Å². The van der Waals surface area contributed by atoms with Crippen molar-refractivity contribution in [1.82, 2.24) is 10.6 Å². The largest absolute Gasteiger partial charge is 0.497 e. The van der Waals surface area contributed by atoms with E-state index >= 15 is 0 Å². The molecule has 162 valence electrons. The number of nitrogens with zero attached hydrogens (tertiary/aromatic N) is 2. The Labute approximate surface area is 182 Å². The smallest absolute Gasteiger partial charge is 0.191 e. The molecule has 6 nitrogen and oxygen atoms in total. The van der Waals surface area contributed by atoms with Crippen LogP contribution >= 0.6 is 11.6 Å². The number of benzene rings is 2. The van der Waals surface area contributed by atoms with Crippen molar-refractivity contribution in [1.29, 1.82) is 0 Å². The second-order valence-corrected chi connectivity index (χ2v) is 7.35. The first-order chi connectivity index (χ1) is 14.6. The van der Waals surface area contributed by atoms with Crippen LogP contribution in [0.4, 0.5) is 10.1 Å². The minimum atomic E-state index is -0.215. The monoisotopic (exact) mass is 434 g/mol. The quantitative estimate of drug-likeness (QED) is 0.517. The molecule has 1 saturated heterocycles. The zero-order chi connectivity index (χ0) is 21.3. The number of hydrogen-bond acceptors (Lipinski definition) is 4. The predicted molar refractivity (Wildman–Crippen MR) is 119 cm³/mol. The van der Waals surface area contributed by atoms with Gasteiger partial charge in [-0.25, -0.2) is 4.39 Å². The Kier molecular flexibility index (Phi) is 8.16. The van der Waals surface area contributed by atoms with Crippen molar-refractivity contribution in [3.8, 4) is 5.75 Å². The molecule has 0 atom stereocenters. The number of nitrogens with one attached hydrogen (secondary N) is 2. The third-order valence-corrected chi connectivity index (χ3v) is 5.35. The summed E-state index contributed by atoms with van der Waals surface area (Å²) in [5, 5.41) is 7.15.